The average molecular weight is 314 g/mol. The molecule has 2 rings (SSSR count). The van der Waals surface area contributed by atoms with Gasteiger partial charge < -0.3 is 5.32 Å². The smallest absolute Gasteiger partial charge is 0.244 e. The van der Waals surface area contributed by atoms with E-state index in [4.69, 9.17) is 0 Å². The van der Waals surface area contributed by atoms with Crippen molar-refractivity contribution in [2.45, 2.75) is 31.3 Å². The number of nitrogens with one attached hydrogen (secondary N) is 3. The summed E-state index contributed by atoms with van der Waals surface area (Å²) in [7, 11) is -3.67. The number of H-pyrrole nitrogens is 1. The number of aromatic nitrogens is 6. The Hall–Kier alpha value is -1.85. The molecule has 2 aromatic rings. The lowest BCUT2D eigenvalue weighted by atomic mass is 10.4. The first-order valence-electron chi connectivity index (χ1n) is 6.51. The number of nitrogens with zero attached hydrogens (tertiary/aromatic N) is 5. The molecule has 1 atom stereocenters. The second-order valence-electron chi connectivity index (χ2n) is 4.41. The van der Waals surface area contributed by atoms with E-state index in [1.165, 1.54) is 12.4 Å². The highest BCUT2D eigenvalue weighted by molar-refractivity contribution is 7.89. The third-order valence-corrected chi connectivity index (χ3v) is 4.26. The van der Waals surface area contributed by atoms with Crippen LogP contribution in [0.3, 0.4) is 0 Å². The van der Waals surface area contributed by atoms with Crippen LogP contribution in [0.1, 0.15) is 25.7 Å². The summed E-state index contributed by atoms with van der Waals surface area (Å²) < 4.78 is 28.5. The van der Waals surface area contributed by atoms with Gasteiger partial charge in [0.1, 0.15) is 4.90 Å². The standard InChI is InChI=1S/C10H18N8O2S/c1-3-11-4-5-18-7-9(6-12-18)21(19,20)15-8(2)10-13-16-17-14-10/h6-8,11,15H,3-5H2,1-2H3,(H,13,14,16,17). The zero-order valence-electron chi connectivity index (χ0n) is 11.8. The van der Waals surface area contributed by atoms with E-state index in [0.29, 0.717) is 6.54 Å². The van der Waals surface area contributed by atoms with Crippen LogP contribution in [-0.2, 0) is 16.6 Å². The summed E-state index contributed by atoms with van der Waals surface area (Å²) in [5.74, 6) is 0.276. The van der Waals surface area contributed by atoms with Gasteiger partial charge in [0, 0.05) is 12.7 Å². The van der Waals surface area contributed by atoms with E-state index in [9.17, 15) is 8.42 Å². The molecule has 0 bridgehead atoms. The van der Waals surface area contributed by atoms with Crippen LogP contribution in [0.25, 0.3) is 0 Å². The molecule has 0 aliphatic heterocycles. The highest BCUT2D eigenvalue weighted by atomic mass is 32.2. The van der Waals surface area contributed by atoms with Gasteiger partial charge in [0.2, 0.25) is 10.0 Å². The average Bonchev–Trinajstić information content (AvgIpc) is 3.10. The van der Waals surface area contributed by atoms with Crippen molar-refractivity contribution in [1.29, 1.82) is 0 Å². The van der Waals surface area contributed by atoms with Crippen molar-refractivity contribution in [3.63, 3.8) is 0 Å². The summed E-state index contributed by atoms with van der Waals surface area (Å²) in [4.78, 5) is 0.106. The molecule has 1 unspecified atom stereocenters. The normalized spacial score (nSPS) is 13.4. The number of sulfonamides is 1. The second-order valence-corrected chi connectivity index (χ2v) is 6.12. The van der Waals surface area contributed by atoms with E-state index in [1.807, 2.05) is 6.92 Å². The van der Waals surface area contributed by atoms with Crippen molar-refractivity contribution in [2.75, 3.05) is 13.1 Å². The van der Waals surface area contributed by atoms with Crippen LogP contribution in [-0.4, -0.2) is 51.9 Å². The summed E-state index contributed by atoms with van der Waals surface area (Å²) in [6, 6.07) is -0.584. The SMILES string of the molecule is CCNCCn1cc(S(=O)(=O)NC(C)c2nn[nH]n2)cn1. The number of tetrazole rings is 1. The van der Waals surface area contributed by atoms with Gasteiger partial charge in [-0.25, -0.2) is 13.1 Å². The summed E-state index contributed by atoms with van der Waals surface area (Å²) in [6.07, 6.45) is 2.81. The van der Waals surface area contributed by atoms with Crippen LogP contribution < -0.4 is 10.0 Å². The topological polar surface area (TPSA) is 130 Å². The molecule has 0 spiro atoms. The minimum Gasteiger partial charge on any atom is -0.315 e. The highest BCUT2D eigenvalue weighted by Crippen LogP contribution is 2.12. The summed E-state index contributed by atoms with van der Waals surface area (Å²) in [6.45, 7) is 5.82. The monoisotopic (exact) mass is 314 g/mol. The molecule has 2 heterocycles. The molecule has 21 heavy (non-hydrogen) atoms. The number of hydrogen-bond acceptors (Lipinski definition) is 7. The number of hydrogen-bond donors (Lipinski definition) is 3. The second kappa shape index (κ2) is 6.74. The minimum atomic E-state index is -3.67. The summed E-state index contributed by atoms with van der Waals surface area (Å²) >= 11 is 0. The zero-order valence-corrected chi connectivity index (χ0v) is 12.6. The fourth-order valence-electron chi connectivity index (χ4n) is 1.68. The Kier molecular flexibility index (Phi) is 4.98. The van der Waals surface area contributed by atoms with E-state index >= 15 is 0 Å². The molecule has 0 saturated carbocycles. The molecule has 0 aliphatic rings. The fraction of sp³-hybridized carbons (Fsp3) is 0.600. The maximum Gasteiger partial charge on any atom is 0.244 e. The summed E-state index contributed by atoms with van der Waals surface area (Å²) in [5.41, 5.74) is 0. The number of rotatable bonds is 8. The van der Waals surface area contributed by atoms with Crippen molar-refractivity contribution in [1.82, 2.24) is 40.4 Å². The van der Waals surface area contributed by atoms with Crippen molar-refractivity contribution >= 4 is 10.0 Å². The maximum atomic E-state index is 12.2. The third kappa shape index (κ3) is 4.06. The minimum absolute atomic E-state index is 0.106. The first-order valence-corrected chi connectivity index (χ1v) is 8.00. The van der Waals surface area contributed by atoms with Crippen LogP contribution in [0.5, 0.6) is 0 Å². The van der Waals surface area contributed by atoms with Crippen molar-refractivity contribution in [3.8, 4) is 0 Å². The van der Waals surface area contributed by atoms with Crippen LogP contribution in [0.2, 0.25) is 0 Å². The van der Waals surface area contributed by atoms with Crippen molar-refractivity contribution in [3.05, 3.63) is 18.2 Å². The van der Waals surface area contributed by atoms with Gasteiger partial charge in [0.05, 0.1) is 18.8 Å². The van der Waals surface area contributed by atoms with Gasteiger partial charge in [-0.2, -0.15) is 10.3 Å². The largest absolute Gasteiger partial charge is 0.315 e. The van der Waals surface area contributed by atoms with E-state index < -0.39 is 16.1 Å². The van der Waals surface area contributed by atoms with Crippen LogP contribution in [0.4, 0.5) is 0 Å². The molecule has 10 nitrogen and oxygen atoms in total. The predicted octanol–water partition coefficient (Wildman–Crippen LogP) is -0.955. The van der Waals surface area contributed by atoms with Crippen LogP contribution in [0.15, 0.2) is 17.3 Å². The van der Waals surface area contributed by atoms with E-state index in [-0.39, 0.29) is 10.7 Å². The van der Waals surface area contributed by atoms with Crippen molar-refractivity contribution in [2.24, 2.45) is 0 Å². The molecule has 0 saturated heterocycles. The van der Waals surface area contributed by atoms with Crippen molar-refractivity contribution < 1.29 is 8.42 Å². The van der Waals surface area contributed by atoms with Gasteiger partial charge in [-0.1, -0.05) is 12.1 Å². The molecule has 116 valence electrons. The first-order chi connectivity index (χ1) is 10.0. The lowest BCUT2D eigenvalue weighted by molar-refractivity contribution is 0.556. The van der Waals surface area contributed by atoms with Crippen LogP contribution in [0, 0.1) is 0 Å². The molecule has 2 aromatic heterocycles. The lowest BCUT2D eigenvalue weighted by Gasteiger charge is -2.09. The molecule has 0 radical (unpaired) electrons. The van der Waals surface area contributed by atoms with Gasteiger partial charge in [-0.15, -0.1) is 10.2 Å². The highest BCUT2D eigenvalue weighted by Gasteiger charge is 2.22. The molecule has 0 aliphatic carbocycles. The van der Waals surface area contributed by atoms with E-state index in [0.717, 1.165) is 13.1 Å². The van der Waals surface area contributed by atoms with Gasteiger partial charge >= 0.3 is 0 Å². The number of aromatic amines is 1. The molecular weight excluding hydrogens is 296 g/mol. The summed E-state index contributed by atoms with van der Waals surface area (Å²) in [5, 5.41) is 20.3. The first kappa shape index (κ1) is 15.5. The van der Waals surface area contributed by atoms with E-state index in [2.05, 4.69) is 35.8 Å². The fourth-order valence-corrected chi connectivity index (χ4v) is 2.84. The Labute approximate surface area is 122 Å². The maximum absolute atomic E-state index is 12.2. The lowest BCUT2D eigenvalue weighted by Crippen LogP contribution is -2.27. The van der Waals surface area contributed by atoms with Crippen LogP contribution >= 0.6 is 0 Å². The molecule has 11 heteroatoms. The third-order valence-electron chi connectivity index (χ3n) is 2.77. The molecule has 3 N–H and O–H groups in total. The Balaban J connectivity index is 2.02. The quantitative estimate of drug-likeness (QED) is 0.535. The molecular formula is C10H18N8O2S. The Morgan fingerprint density at radius 3 is 2.95 bits per heavy atom. The zero-order chi connectivity index (χ0) is 15.3. The van der Waals surface area contributed by atoms with Gasteiger partial charge in [0.15, 0.2) is 5.82 Å². The Morgan fingerprint density at radius 2 is 2.29 bits per heavy atom. The predicted molar refractivity (Wildman–Crippen MR) is 73.7 cm³/mol. The molecule has 0 amide bonds. The molecule has 0 fully saturated rings. The van der Waals surface area contributed by atoms with E-state index in [1.54, 1.807) is 11.6 Å². The van der Waals surface area contributed by atoms with Gasteiger partial charge in [-0.05, 0) is 13.5 Å². The Bertz CT molecular complexity index is 650. The molecule has 0 aromatic carbocycles. The number of likely N-dealkylation sites (N-methyl/N-ethyl adjacent to an activating group) is 1. The van der Waals surface area contributed by atoms with Gasteiger partial charge in [-0.3, -0.25) is 4.68 Å². The van der Waals surface area contributed by atoms with Gasteiger partial charge in [0.25, 0.3) is 0 Å². The Morgan fingerprint density at radius 1 is 1.48 bits per heavy atom.